The zero-order chi connectivity index (χ0) is 14.8. The number of nitrogens with two attached hydrogens (primary N) is 1. The maximum Gasteiger partial charge on any atom is 0.346 e. The summed E-state index contributed by atoms with van der Waals surface area (Å²) in [4.78, 5) is 27.7. The first-order valence-electron chi connectivity index (χ1n) is 6.81. The number of carbonyl (C=O) groups excluding carboxylic acids is 1. The molecule has 1 aliphatic rings. The summed E-state index contributed by atoms with van der Waals surface area (Å²) in [6.45, 7) is 1.03. The lowest BCUT2D eigenvalue weighted by atomic mass is 10.2. The molecule has 0 aliphatic carbocycles. The quantitative estimate of drug-likeness (QED) is 0.446. The maximum atomic E-state index is 12.2. The zero-order valence-corrected chi connectivity index (χ0v) is 11.5. The van der Waals surface area contributed by atoms with E-state index in [1.807, 2.05) is 5.43 Å². The normalized spacial score (nSPS) is 13.8. The standard InChI is InChI=1S/C13H16N6O2/c14-16-12(20)9-4-5-10(15-7-9)8-19-13(21)18-6-2-1-3-11(18)17-19/h4-5,7H,1-3,6,8,14H2,(H,16,20). The second-order valence-corrected chi connectivity index (χ2v) is 4.98. The number of hydrogen-bond acceptors (Lipinski definition) is 5. The van der Waals surface area contributed by atoms with Crippen molar-refractivity contribution in [2.75, 3.05) is 0 Å². The van der Waals surface area contributed by atoms with E-state index in [1.165, 1.54) is 10.9 Å². The third-order valence-corrected chi connectivity index (χ3v) is 3.56. The highest BCUT2D eigenvalue weighted by molar-refractivity contribution is 5.93. The molecule has 110 valence electrons. The van der Waals surface area contributed by atoms with E-state index < -0.39 is 5.91 Å². The molecule has 8 nitrogen and oxygen atoms in total. The van der Waals surface area contributed by atoms with Crippen molar-refractivity contribution in [3.05, 3.63) is 45.9 Å². The van der Waals surface area contributed by atoms with E-state index in [1.54, 1.807) is 16.7 Å². The SMILES string of the molecule is NNC(=O)c1ccc(Cn2nc3n(c2=O)CCCC3)nc1. The van der Waals surface area contributed by atoms with Crippen LogP contribution in [0.5, 0.6) is 0 Å². The summed E-state index contributed by atoms with van der Waals surface area (Å²) in [7, 11) is 0. The Morgan fingerprint density at radius 1 is 1.38 bits per heavy atom. The van der Waals surface area contributed by atoms with E-state index in [-0.39, 0.29) is 5.69 Å². The molecule has 3 N–H and O–H groups in total. The Kier molecular flexibility index (Phi) is 3.53. The van der Waals surface area contributed by atoms with E-state index >= 15 is 0 Å². The largest absolute Gasteiger partial charge is 0.346 e. The average molecular weight is 288 g/mol. The van der Waals surface area contributed by atoms with E-state index in [9.17, 15) is 9.59 Å². The molecule has 8 heteroatoms. The van der Waals surface area contributed by atoms with Gasteiger partial charge in [0.2, 0.25) is 0 Å². The third-order valence-electron chi connectivity index (χ3n) is 3.56. The van der Waals surface area contributed by atoms with Gasteiger partial charge in [-0.05, 0) is 25.0 Å². The van der Waals surface area contributed by atoms with Crippen molar-refractivity contribution in [3.8, 4) is 0 Å². The van der Waals surface area contributed by atoms with Crippen molar-refractivity contribution in [1.82, 2.24) is 24.8 Å². The van der Waals surface area contributed by atoms with E-state index in [0.717, 1.165) is 31.6 Å². The summed E-state index contributed by atoms with van der Waals surface area (Å²) in [5, 5.41) is 4.35. The van der Waals surface area contributed by atoms with Gasteiger partial charge in [-0.1, -0.05) is 0 Å². The van der Waals surface area contributed by atoms with Gasteiger partial charge in [0.15, 0.2) is 0 Å². The molecular formula is C13H16N6O2. The number of nitrogens with one attached hydrogen (secondary N) is 1. The number of amides is 1. The zero-order valence-electron chi connectivity index (χ0n) is 11.5. The fraction of sp³-hybridized carbons (Fsp3) is 0.385. The molecule has 21 heavy (non-hydrogen) atoms. The van der Waals surface area contributed by atoms with Gasteiger partial charge in [0.05, 0.1) is 17.8 Å². The number of nitrogens with zero attached hydrogens (tertiary/aromatic N) is 4. The van der Waals surface area contributed by atoms with Crippen molar-refractivity contribution in [1.29, 1.82) is 0 Å². The number of aryl methyl sites for hydroxylation is 1. The molecule has 0 saturated carbocycles. The molecular weight excluding hydrogens is 272 g/mol. The van der Waals surface area contributed by atoms with Gasteiger partial charge in [0, 0.05) is 19.2 Å². The monoisotopic (exact) mass is 288 g/mol. The molecule has 0 bridgehead atoms. The van der Waals surface area contributed by atoms with Crippen LogP contribution in [0.4, 0.5) is 0 Å². The summed E-state index contributed by atoms with van der Waals surface area (Å²) in [6, 6.07) is 3.31. The van der Waals surface area contributed by atoms with Gasteiger partial charge >= 0.3 is 5.69 Å². The smallest absolute Gasteiger partial charge is 0.290 e. The minimum atomic E-state index is -0.399. The Morgan fingerprint density at radius 3 is 2.90 bits per heavy atom. The van der Waals surface area contributed by atoms with Gasteiger partial charge in [-0.2, -0.15) is 5.10 Å². The van der Waals surface area contributed by atoms with Crippen LogP contribution in [-0.2, 0) is 19.5 Å². The van der Waals surface area contributed by atoms with Crippen LogP contribution in [0, 0.1) is 0 Å². The van der Waals surface area contributed by atoms with Gasteiger partial charge in [0.25, 0.3) is 5.91 Å². The summed E-state index contributed by atoms with van der Waals surface area (Å²) >= 11 is 0. The first-order valence-corrected chi connectivity index (χ1v) is 6.81. The molecule has 3 heterocycles. The van der Waals surface area contributed by atoms with Gasteiger partial charge in [0.1, 0.15) is 5.82 Å². The lowest BCUT2D eigenvalue weighted by Crippen LogP contribution is -2.30. The number of hydrazine groups is 1. The fourth-order valence-electron chi connectivity index (χ4n) is 2.44. The Hall–Kier alpha value is -2.48. The van der Waals surface area contributed by atoms with Crippen molar-refractivity contribution in [3.63, 3.8) is 0 Å². The third kappa shape index (κ3) is 2.57. The van der Waals surface area contributed by atoms with Crippen LogP contribution in [-0.4, -0.2) is 25.2 Å². The van der Waals surface area contributed by atoms with Crippen molar-refractivity contribution < 1.29 is 4.79 Å². The Balaban J connectivity index is 1.82. The van der Waals surface area contributed by atoms with Crippen LogP contribution in [0.2, 0.25) is 0 Å². The number of pyridine rings is 1. The van der Waals surface area contributed by atoms with Crippen LogP contribution in [0.3, 0.4) is 0 Å². The summed E-state index contributed by atoms with van der Waals surface area (Å²) in [5.41, 5.74) is 2.98. The maximum absolute atomic E-state index is 12.2. The van der Waals surface area contributed by atoms with E-state index in [0.29, 0.717) is 17.8 Å². The predicted octanol–water partition coefficient (Wildman–Crippen LogP) is -0.572. The van der Waals surface area contributed by atoms with Crippen LogP contribution in [0.1, 0.15) is 34.7 Å². The highest BCUT2D eigenvalue weighted by atomic mass is 16.2. The van der Waals surface area contributed by atoms with Crippen molar-refractivity contribution in [2.24, 2.45) is 5.84 Å². The first-order chi connectivity index (χ1) is 10.2. The first kappa shape index (κ1) is 13.5. The van der Waals surface area contributed by atoms with E-state index in [4.69, 9.17) is 5.84 Å². The van der Waals surface area contributed by atoms with Gasteiger partial charge < -0.3 is 0 Å². The second kappa shape index (κ2) is 5.49. The average Bonchev–Trinajstić information content (AvgIpc) is 2.84. The molecule has 3 rings (SSSR count). The minimum Gasteiger partial charge on any atom is -0.290 e. The lowest BCUT2D eigenvalue weighted by Gasteiger charge is -2.09. The van der Waals surface area contributed by atoms with Crippen molar-refractivity contribution >= 4 is 5.91 Å². The molecule has 1 amide bonds. The van der Waals surface area contributed by atoms with Gasteiger partial charge in [-0.15, -0.1) is 0 Å². The number of nitrogen functional groups attached to an aromatic ring is 1. The predicted molar refractivity (Wildman–Crippen MR) is 74.4 cm³/mol. The molecule has 0 atom stereocenters. The minimum absolute atomic E-state index is 0.102. The molecule has 0 aromatic carbocycles. The van der Waals surface area contributed by atoms with E-state index in [2.05, 4.69) is 10.1 Å². The summed E-state index contributed by atoms with van der Waals surface area (Å²) < 4.78 is 3.14. The molecule has 0 unspecified atom stereocenters. The Bertz CT molecular complexity index is 715. The number of fused-ring (bicyclic) bond motifs is 1. The van der Waals surface area contributed by atoms with Crippen LogP contribution >= 0.6 is 0 Å². The highest BCUT2D eigenvalue weighted by Gasteiger charge is 2.16. The molecule has 0 fully saturated rings. The molecule has 2 aromatic rings. The lowest BCUT2D eigenvalue weighted by molar-refractivity contribution is 0.0953. The number of aromatic nitrogens is 4. The molecule has 0 radical (unpaired) electrons. The highest BCUT2D eigenvalue weighted by Crippen LogP contribution is 2.10. The number of rotatable bonds is 3. The number of carbonyl (C=O) groups is 1. The molecule has 0 spiro atoms. The molecule has 2 aromatic heterocycles. The molecule has 1 aliphatic heterocycles. The second-order valence-electron chi connectivity index (χ2n) is 4.98. The number of hydrogen-bond donors (Lipinski definition) is 2. The topological polar surface area (TPSA) is 108 Å². The Labute approximate surface area is 120 Å². The van der Waals surface area contributed by atoms with Crippen LogP contribution in [0.25, 0.3) is 0 Å². The van der Waals surface area contributed by atoms with Crippen LogP contribution < -0.4 is 17.0 Å². The summed E-state index contributed by atoms with van der Waals surface area (Å²) in [6.07, 6.45) is 4.35. The Morgan fingerprint density at radius 2 is 2.24 bits per heavy atom. The van der Waals surface area contributed by atoms with Crippen molar-refractivity contribution in [2.45, 2.75) is 32.4 Å². The molecule has 0 saturated heterocycles. The van der Waals surface area contributed by atoms with Crippen LogP contribution in [0.15, 0.2) is 23.1 Å². The van der Waals surface area contributed by atoms with Gasteiger partial charge in [-0.3, -0.25) is 19.8 Å². The van der Waals surface area contributed by atoms with Gasteiger partial charge in [-0.25, -0.2) is 15.3 Å². The fourth-order valence-corrected chi connectivity index (χ4v) is 2.44. The summed E-state index contributed by atoms with van der Waals surface area (Å²) in [5.74, 6) is 5.49.